The summed E-state index contributed by atoms with van der Waals surface area (Å²) in [6.07, 6.45) is 7.83. The number of carbonyl (C=O) groups is 3. The van der Waals surface area contributed by atoms with Gasteiger partial charge >= 0.3 is 11.9 Å². The van der Waals surface area contributed by atoms with E-state index < -0.39 is 29.9 Å². The van der Waals surface area contributed by atoms with E-state index >= 15 is 0 Å². The first-order valence-corrected chi connectivity index (χ1v) is 11.8. The van der Waals surface area contributed by atoms with E-state index in [1.165, 1.54) is 17.8 Å². The maximum absolute atomic E-state index is 13.2. The summed E-state index contributed by atoms with van der Waals surface area (Å²) in [5.41, 5.74) is 1.46. The lowest BCUT2D eigenvalue weighted by molar-refractivity contribution is -0.147. The van der Waals surface area contributed by atoms with Gasteiger partial charge < -0.3 is 19.9 Å². The van der Waals surface area contributed by atoms with Crippen LogP contribution in [0.2, 0.25) is 0 Å². The van der Waals surface area contributed by atoms with Crippen LogP contribution in [0.3, 0.4) is 0 Å². The third-order valence-corrected chi connectivity index (χ3v) is 7.71. The first-order chi connectivity index (χ1) is 14.5. The molecule has 2 N–H and O–H groups in total. The maximum atomic E-state index is 13.2. The summed E-state index contributed by atoms with van der Waals surface area (Å²) >= 11 is 1.44. The Labute approximate surface area is 180 Å². The molecule has 2 saturated heterocycles. The number of aryl methyl sites for hydroxylation is 1. The van der Waals surface area contributed by atoms with E-state index in [0.717, 1.165) is 49.0 Å². The molecule has 4 rings (SSSR count). The summed E-state index contributed by atoms with van der Waals surface area (Å²) in [5.74, 6) is -3.35. The lowest BCUT2D eigenvalue weighted by Gasteiger charge is -2.23. The van der Waals surface area contributed by atoms with Crippen molar-refractivity contribution in [1.82, 2.24) is 0 Å². The average molecular weight is 436 g/mol. The van der Waals surface area contributed by atoms with Gasteiger partial charge in [0.15, 0.2) is 0 Å². The topological polar surface area (TPSA) is 102 Å². The van der Waals surface area contributed by atoms with Gasteiger partial charge in [0.05, 0.1) is 36.2 Å². The summed E-state index contributed by atoms with van der Waals surface area (Å²) in [4.78, 5) is 38.8. The summed E-state index contributed by atoms with van der Waals surface area (Å²) in [7, 11) is 0. The fraction of sp³-hybridized carbons (Fsp3) is 0.682. The Kier molecular flexibility index (Phi) is 6.43. The molecule has 2 aliphatic heterocycles. The number of anilines is 1. The van der Waals surface area contributed by atoms with Crippen molar-refractivity contribution in [1.29, 1.82) is 0 Å². The van der Waals surface area contributed by atoms with Crippen molar-refractivity contribution in [2.24, 2.45) is 11.8 Å². The summed E-state index contributed by atoms with van der Waals surface area (Å²) < 4.78 is 11.0. The molecule has 3 aliphatic rings. The molecule has 4 atom stereocenters. The van der Waals surface area contributed by atoms with Crippen LogP contribution >= 0.6 is 11.3 Å². The number of rotatable bonds is 5. The van der Waals surface area contributed by atoms with Gasteiger partial charge in [-0.25, -0.2) is 4.79 Å². The molecule has 1 aromatic heterocycles. The number of hydrogen-bond acceptors (Lipinski definition) is 6. The van der Waals surface area contributed by atoms with Crippen LogP contribution in [0.5, 0.6) is 0 Å². The molecule has 0 unspecified atom stereocenters. The van der Waals surface area contributed by atoms with Crippen LogP contribution in [0.4, 0.5) is 5.00 Å². The molecule has 0 spiro atoms. The number of carboxylic acid groups (broad SMARTS) is 1. The number of fused-ring (bicyclic) bond motifs is 3. The Hall–Kier alpha value is -1.93. The van der Waals surface area contributed by atoms with Gasteiger partial charge in [-0.2, -0.15) is 0 Å². The Morgan fingerprint density at radius 3 is 2.43 bits per heavy atom. The minimum atomic E-state index is -0.998. The lowest BCUT2D eigenvalue weighted by Crippen LogP contribution is -2.41. The SMILES string of the molecule is CCOC(=O)c1c(NC(=O)[C@@H]2[C@@H](C(=O)O)[C@H]3CC[C@@H]2O3)sc2c1CCCCCCC2. The number of aliphatic carboxylic acids is 1. The van der Waals surface area contributed by atoms with Crippen LogP contribution in [-0.2, 0) is 31.9 Å². The van der Waals surface area contributed by atoms with E-state index in [1.807, 2.05) is 0 Å². The Bertz CT molecular complexity index is 834. The number of esters is 1. The van der Waals surface area contributed by atoms with Crippen LogP contribution in [0.15, 0.2) is 0 Å². The molecule has 1 amide bonds. The van der Waals surface area contributed by atoms with E-state index in [0.29, 0.717) is 23.4 Å². The largest absolute Gasteiger partial charge is 0.481 e. The highest BCUT2D eigenvalue weighted by atomic mass is 32.1. The normalized spacial score (nSPS) is 28.2. The van der Waals surface area contributed by atoms with E-state index in [1.54, 1.807) is 6.92 Å². The average Bonchev–Trinajstić information content (AvgIpc) is 3.40. The third kappa shape index (κ3) is 3.99. The lowest BCUT2D eigenvalue weighted by atomic mass is 9.78. The molecular formula is C22H29NO6S. The number of amides is 1. The predicted octanol–water partition coefficient (Wildman–Crippen LogP) is 3.79. The van der Waals surface area contributed by atoms with Crippen molar-refractivity contribution >= 4 is 34.2 Å². The fourth-order valence-corrected chi connectivity index (χ4v) is 6.40. The predicted molar refractivity (Wildman–Crippen MR) is 112 cm³/mol. The second-order valence-corrected chi connectivity index (χ2v) is 9.47. The summed E-state index contributed by atoms with van der Waals surface area (Å²) in [5, 5.41) is 13.0. The van der Waals surface area contributed by atoms with Crippen molar-refractivity contribution < 1.29 is 29.0 Å². The highest BCUT2D eigenvalue weighted by Gasteiger charge is 2.55. The molecule has 1 aliphatic carbocycles. The Morgan fingerprint density at radius 1 is 1.07 bits per heavy atom. The maximum Gasteiger partial charge on any atom is 0.341 e. The van der Waals surface area contributed by atoms with Crippen molar-refractivity contribution in [2.45, 2.75) is 76.9 Å². The Morgan fingerprint density at radius 2 is 1.73 bits per heavy atom. The van der Waals surface area contributed by atoms with Crippen molar-refractivity contribution in [3.8, 4) is 0 Å². The Balaban J connectivity index is 1.63. The van der Waals surface area contributed by atoms with Gasteiger partial charge in [0.1, 0.15) is 5.00 Å². The van der Waals surface area contributed by atoms with Gasteiger partial charge in [-0.15, -0.1) is 11.3 Å². The van der Waals surface area contributed by atoms with Crippen LogP contribution in [0, 0.1) is 11.8 Å². The smallest absolute Gasteiger partial charge is 0.341 e. The zero-order chi connectivity index (χ0) is 21.3. The van der Waals surface area contributed by atoms with Crippen LogP contribution in [0.25, 0.3) is 0 Å². The third-order valence-electron chi connectivity index (χ3n) is 6.50. The molecule has 0 aromatic carbocycles. The van der Waals surface area contributed by atoms with Crippen LogP contribution in [0.1, 0.15) is 72.7 Å². The highest BCUT2D eigenvalue weighted by molar-refractivity contribution is 7.17. The first kappa shape index (κ1) is 21.3. The van der Waals surface area contributed by atoms with Crippen molar-refractivity contribution in [2.75, 3.05) is 11.9 Å². The fourth-order valence-electron chi connectivity index (χ4n) is 5.12. The van der Waals surface area contributed by atoms with Gasteiger partial charge in [-0.1, -0.05) is 19.3 Å². The zero-order valence-corrected chi connectivity index (χ0v) is 18.1. The van der Waals surface area contributed by atoms with Gasteiger partial charge in [-0.3, -0.25) is 9.59 Å². The molecular weight excluding hydrogens is 406 g/mol. The molecule has 0 saturated carbocycles. The van der Waals surface area contributed by atoms with Crippen LogP contribution in [-0.4, -0.2) is 41.8 Å². The number of thiophene rings is 1. The molecule has 164 valence electrons. The van der Waals surface area contributed by atoms with E-state index in [9.17, 15) is 19.5 Å². The van der Waals surface area contributed by atoms with Crippen molar-refractivity contribution in [3.63, 3.8) is 0 Å². The van der Waals surface area contributed by atoms with Crippen LogP contribution < -0.4 is 5.32 Å². The molecule has 2 fully saturated rings. The second kappa shape index (κ2) is 9.06. The van der Waals surface area contributed by atoms with E-state index in [-0.39, 0.29) is 18.6 Å². The molecule has 30 heavy (non-hydrogen) atoms. The molecule has 1 aromatic rings. The molecule has 0 radical (unpaired) electrons. The number of carbonyl (C=O) groups excluding carboxylic acids is 2. The summed E-state index contributed by atoms with van der Waals surface area (Å²) in [6.45, 7) is 2.03. The van der Waals surface area contributed by atoms with Gasteiger partial charge in [-0.05, 0) is 51.0 Å². The van der Waals surface area contributed by atoms with Gasteiger partial charge in [0.25, 0.3) is 0 Å². The second-order valence-electron chi connectivity index (χ2n) is 8.37. The quantitative estimate of drug-likeness (QED) is 0.683. The zero-order valence-electron chi connectivity index (χ0n) is 17.3. The minimum Gasteiger partial charge on any atom is -0.481 e. The van der Waals surface area contributed by atoms with E-state index in [2.05, 4.69) is 5.32 Å². The molecule has 3 heterocycles. The number of hydrogen-bond donors (Lipinski definition) is 2. The molecule has 2 bridgehead atoms. The number of ether oxygens (including phenoxy) is 2. The monoisotopic (exact) mass is 435 g/mol. The molecule has 8 heteroatoms. The molecule has 7 nitrogen and oxygen atoms in total. The standard InChI is InChI=1S/C22H29NO6S/c1-2-28-22(27)16-12-8-6-4-3-5-7-9-15(12)30-20(16)23-19(24)17-13-10-11-14(29-13)18(17)21(25)26/h13-14,17-18H,2-11H2,1H3,(H,23,24)(H,25,26)/t13-,14+,17-,18-/m0/s1. The van der Waals surface area contributed by atoms with E-state index in [4.69, 9.17) is 9.47 Å². The minimum absolute atomic E-state index is 0.262. The van der Waals surface area contributed by atoms with Gasteiger partial charge in [0, 0.05) is 4.88 Å². The highest BCUT2D eigenvalue weighted by Crippen LogP contribution is 2.45. The summed E-state index contributed by atoms with van der Waals surface area (Å²) in [6, 6.07) is 0. The number of carboxylic acids is 1. The van der Waals surface area contributed by atoms with Gasteiger partial charge in [0.2, 0.25) is 5.91 Å². The van der Waals surface area contributed by atoms with Crippen molar-refractivity contribution in [3.05, 3.63) is 16.0 Å². The first-order valence-electron chi connectivity index (χ1n) is 11.0. The number of nitrogens with one attached hydrogen (secondary N) is 1.